The fraction of sp³-hybridized carbons (Fsp3) is 0.700. The quantitative estimate of drug-likeness (QED) is 0.494. The highest BCUT2D eigenvalue weighted by Gasteiger charge is 2.59. The molecule has 3 aliphatic heterocycles. The first-order valence-electron chi connectivity index (χ1n) is 14.3. The molecule has 1 unspecified atom stereocenters. The van der Waals surface area contributed by atoms with Crippen LogP contribution < -0.4 is 5.32 Å². The second kappa shape index (κ2) is 11.3. The predicted molar refractivity (Wildman–Crippen MR) is 151 cm³/mol. The zero-order valence-corrected chi connectivity index (χ0v) is 24.3. The largest absolute Gasteiger partial charge is 0.327 e. The Labute approximate surface area is 234 Å². The van der Waals surface area contributed by atoms with Crippen LogP contribution in [0.5, 0.6) is 0 Å². The molecule has 4 aliphatic rings. The molecular weight excluding hydrogens is 500 g/mol. The van der Waals surface area contributed by atoms with E-state index in [9.17, 15) is 14.4 Å². The van der Waals surface area contributed by atoms with Gasteiger partial charge in [0.1, 0.15) is 5.54 Å². The number of likely N-dealkylation sites (tertiary alicyclic amines) is 1. The number of nitrogens with one attached hydrogen (secondary N) is 1. The summed E-state index contributed by atoms with van der Waals surface area (Å²) in [7, 11) is 0. The normalized spacial score (nSPS) is 26.6. The lowest BCUT2D eigenvalue weighted by Gasteiger charge is -2.46. The van der Waals surface area contributed by atoms with E-state index in [0.717, 1.165) is 25.9 Å². The standard InChI is InChI=1S/C30H44N4O3.ClH/c1-5-33-27(36)30(34(28(33)37)20-21-11-12-21)13-15-32(16-14-30)26(25(35)17-29(2,3)4)24-19-31-18-23(24)22-9-7-6-8-10-22;/h6-10,21,23-24,26,31H,5,11-20H2,1-4H3;1H/t23-,24-,26?;/m1./s1. The number of urea groups is 1. The maximum Gasteiger partial charge on any atom is 0.327 e. The Morgan fingerprint density at radius 1 is 1.08 bits per heavy atom. The summed E-state index contributed by atoms with van der Waals surface area (Å²) >= 11 is 0. The molecule has 0 aromatic heterocycles. The first-order valence-corrected chi connectivity index (χ1v) is 14.3. The molecule has 8 heteroatoms. The number of hydrogen-bond donors (Lipinski definition) is 1. The van der Waals surface area contributed by atoms with Crippen molar-refractivity contribution in [3.05, 3.63) is 35.9 Å². The molecule has 1 aromatic carbocycles. The van der Waals surface area contributed by atoms with Gasteiger partial charge in [-0.1, -0.05) is 51.1 Å². The number of carbonyl (C=O) groups excluding carboxylic acids is 3. The van der Waals surface area contributed by atoms with Crippen LogP contribution in [0.25, 0.3) is 0 Å². The van der Waals surface area contributed by atoms with Crippen molar-refractivity contribution < 1.29 is 14.4 Å². The third kappa shape index (κ3) is 5.52. The first-order chi connectivity index (χ1) is 17.6. The monoisotopic (exact) mass is 544 g/mol. The van der Waals surface area contributed by atoms with Gasteiger partial charge in [-0.25, -0.2) is 4.79 Å². The van der Waals surface area contributed by atoms with Crippen LogP contribution in [0.4, 0.5) is 4.79 Å². The maximum absolute atomic E-state index is 14.0. The van der Waals surface area contributed by atoms with Gasteiger partial charge in [0, 0.05) is 57.5 Å². The van der Waals surface area contributed by atoms with E-state index in [0.29, 0.717) is 57.1 Å². The Kier molecular flexibility index (Phi) is 8.61. The molecule has 3 atom stereocenters. The molecule has 1 saturated carbocycles. The van der Waals surface area contributed by atoms with Gasteiger partial charge in [0.05, 0.1) is 6.04 Å². The molecule has 0 radical (unpaired) electrons. The molecule has 1 spiro atoms. The van der Waals surface area contributed by atoms with Crippen molar-refractivity contribution >= 4 is 30.1 Å². The zero-order valence-electron chi connectivity index (χ0n) is 23.4. The molecule has 3 heterocycles. The summed E-state index contributed by atoms with van der Waals surface area (Å²) in [6, 6.07) is 10.3. The van der Waals surface area contributed by atoms with Gasteiger partial charge in [0.25, 0.3) is 5.91 Å². The van der Waals surface area contributed by atoms with Gasteiger partial charge in [-0.2, -0.15) is 0 Å². The Morgan fingerprint density at radius 3 is 2.32 bits per heavy atom. The summed E-state index contributed by atoms with van der Waals surface area (Å²) in [6.45, 7) is 12.4. The average Bonchev–Trinajstić information content (AvgIpc) is 3.53. The number of hydrogen-bond acceptors (Lipinski definition) is 5. The molecule has 1 aromatic rings. The number of rotatable bonds is 8. The molecule has 210 valence electrons. The molecule has 38 heavy (non-hydrogen) atoms. The summed E-state index contributed by atoms with van der Waals surface area (Å²) in [4.78, 5) is 46.5. The number of imide groups is 1. The lowest BCUT2D eigenvalue weighted by atomic mass is 9.76. The maximum atomic E-state index is 14.0. The van der Waals surface area contributed by atoms with Gasteiger partial charge in [-0.05, 0) is 49.5 Å². The van der Waals surface area contributed by atoms with Crippen molar-refractivity contribution in [2.75, 3.05) is 39.3 Å². The highest BCUT2D eigenvalue weighted by Crippen LogP contribution is 2.43. The van der Waals surface area contributed by atoms with Crippen LogP contribution in [0.1, 0.15) is 71.3 Å². The number of benzene rings is 1. The fourth-order valence-electron chi connectivity index (χ4n) is 6.97. The summed E-state index contributed by atoms with van der Waals surface area (Å²) in [6.07, 6.45) is 4.04. The number of nitrogens with zero attached hydrogens (tertiary/aromatic N) is 3. The Hall–Kier alpha value is -1.96. The third-order valence-electron chi connectivity index (χ3n) is 9.02. The second-order valence-corrected chi connectivity index (χ2v) is 12.9. The van der Waals surface area contributed by atoms with Crippen molar-refractivity contribution in [2.24, 2.45) is 17.3 Å². The second-order valence-electron chi connectivity index (χ2n) is 12.9. The number of amides is 3. The number of likely N-dealkylation sites (N-methyl/N-ethyl adjacent to an activating group) is 1. The zero-order chi connectivity index (χ0) is 26.4. The van der Waals surface area contributed by atoms with Gasteiger partial charge in [0.2, 0.25) is 0 Å². The lowest BCUT2D eigenvalue weighted by Crippen LogP contribution is -2.60. The molecule has 3 amide bonds. The van der Waals surface area contributed by atoms with E-state index in [-0.39, 0.29) is 47.6 Å². The Bertz CT molecular complexity index is 1010. The van der Waals surface area contributed by atoms with Crippen LogP contribution in [-0.2, 0) is 9.59 Å². The number of halogens is 1. The van der Waals surface area contributed by atoms with Gasteiger partial charge in [-0.3, -0.25) is 19.4 Å². The van der Waals surface area contributed by atoms with E-state index in [1.54, 1.807) is 0 Å². The number of ketones is 1. The minimum atomic E-state index is -0.740. The average molecular weight is 545 g/mol. The molecule has 0 bridgehead atoms. The highest BCUT2D eigenvalue weighted by atomic mass is 35.5. The van der Waals surface area contributed by atoms with Gasteiger partial charge >= 0.3 is 6.03 Å². The van der Waals surface area contributed by atoms with Crippen LogP contribution in [0.15, 0.2) is 30.3 Å². The summed E-state index contributed by atoms with van der Waals surface area (Å²) in [5.41, 5.74) is 0.457. The minimum Gasteiger partial charge on any atom is -0.316 e. The summed E-state index contributed by atoms with van der Waals surface area (Å²) in [5, 5.41) is 3.58. The Balaban J connectivity index is 0.00000336. The first kappa shape index (κ1) is 29.0. The van der Waals surface area contributed by atoms with E-state index in [4.69, 9.17) is 0 Å². The number of piperidine rings is 1. The smallest absolute Gasteiger partial charge is 0.316 e. The van der Waals surface area contributed by atoms with E-state index in [2.05, 4.69) is 55.3 Å². The summed E-state index contributed by atoms with van der Waals surface area (Å²) in [5.74, 6) is 1.27. The number of carbonyl (C=O) groups is 3. The third-order valence-corrected chi connectivity index (χ3v) is 9.02. The van der Waals surface area contributed by atoms with E-state index >= 15 is 0 Å². The van der Waals surface area contributed by atoms with E-state index in [1.165, 1.54) is 10.5 Å². The van der Waals surface area contributed by atoms with Crippen LogP contribution in [0, 0.1) is 17.3 Å². The van der Waals surface area contributed by atoms with E-state index < -0.39 is 5.54 Å². The SMILES string of the molecule is CCN1C(=O)N(CC2CC2)C2(CCN(C(C(=O)CC(C)(C)C)[C@@H]3CNC[C@@H]3c3ccccc3)CC2)C1=O.Cl. The summed E-state index contributed by atoms with van der Waals surface area (Å²) < 4.78 is 0. The van der Waals surface area contributed by atoms with Gasteiger partial charge < -0.3 is 10.2 Å². The molecular formula is C30H45ClN4O3. The van der Waals surface area contributed by atoms with Crippen LogP contribution in [0.3, 0.4) is 0 Å². The predicted octanol–water partition coefficient (Wildman–Crippen LogP) is 4.31. The minimum absolute atomic E-state index is 0. The van der Waals surface area contributed by atoms with E-state index in [1.807, 2.05) is 17.9 Å². The van der Waals surface area contributed by atoms with Crippen molar-refractivity contribution in [2.45, 2.75) is 77.3 Å². The van der Waals surface area contributed by atoms with Crippen molar-refractivity contribution in [3.63, 3.8) is 0 Å². The van der Waals surface area contributed by atoms with Crippen LogP contribution in [0.2, 0.25) is 0 Å². The molecule has 1 aliphatic carbocycles. The molecule has 4 fully saturated rings. The topological polar surface area (TPSA) is 73.0 Å². The van der Waals surface area contributed by atoms with Gasteiger partial charge in [0.15, 0.2) is 5.78 Å². The van der Waals surface area contributed by atoms with Crippen molar-refractivity contribution in [1.29, 1.82) is 0 Å². The Morgan fingerprint density at radius 2 is 1.74 bits per heavy atom. The van der Waals surface area contributed by atoms with Crippen LogP contribution >= 0.6 is 12.4 Å². The molecule has 5 rings (SSSR count). The number of Topliss-reactive ketones (excluding diaryl/α,β-unsaturated/α-hetero) is 1. The molecule has 1 N–H and O–H groups in total. The van der Waals surface area contributed by atoms with Crippen LogP contribution in [-0.4, -0.2) is 83.3 Å². The fourth-order valence-corrected chi connectivity index (χ4v) is 6.97. The lowest BCUT2D eigenvalue weighted by molar-refractivity contribution is -0.137. The highest BCUT2D eigenvalue weighted by molar-refractivity contribution is 6.07. The van der Waals surface area contributed by atoms with Crippen molar-refractivity contribution in [1.82, 2.24) is 20.0 Å². The molecule has 3 saturated heterocycles. The molecule has 7 nitrogen and oxygen atoms in total. The van der Waals surface area contributed by atoms with Crippen molar-refractivity contribution in [3.8, 4) is 0 Å². The van der Waals surface area contributed by atoms with Gasteiger partial charge in [-0.15, -0.1) is 12.4 Å².